The van der Waals surface area contributed by atoms with Crippen LogP contribution in [0.5, 0.6) is 5.88 Å². The zero-order valence-electron chi connectivity index (χ0n) is 10.2. The maximum absolute atomic E-state index is 11.7. The third-order valence-corrected chi connectivity index (χ3v) is 2.74. The van der Waals surface area contributed by atoms with Crippen molar-refractivity contribution >= 4 is 17.5 Å². The molecule has 0 saturated carbocycles. The van der Waals surface area contributed by atoms with Crippen LogP contribution in [0.3, 0.4) is 0 Å². The number of anilines is 1. The molecule has 0 aromatic carbocycles. The quantitative estimate of drug-likeness (QED) is 0.850. The Balaban J connectivity index is 1.88. The Bertz CT molecular complexity index is 444. The van der Waals surface area contributed by atoms with Gasteiger partial charge in [0.1, 0.15) is 0 Å². The molecule has 6 nitrogen and oxygen atoms in total. The maximum atomic E-state index is 11.7. The number of aromatic nitrogens is 1. The van der Waals surface area contributed by atoms with Crippen LogP contribution >= 0.6 is 0 Å². The van der Waals surface area contributed by atoms with E-state index in [2.05, 4.69) is 10.3 Å². The van der Waals surface area contributed by atoms with E-state index in [1.807, 2.05) is 0 Å². The summed E-state index contributed by atoms with van der Waals surface area (Å²) >= 11 is 0. The standard InChI is InChI=1S/C12H15N3O3/c1-18-11-5-4-9(7-13-11)14-10(16)8-15-6-2-3-12(15)17/h4-5,7H,2-3,6,8H2,1H3,(H,14,16). The van der Waals surface area contributed by atoms with E-state index in [0.717, 1.165) is 6.42 Å². The second-order valence-corrected chi connectivity index (χ2v) is 4.06. The molecule has 2 rings (SSSR count). The molecule has 0 unspecified atom stereocenters. The number of amides is 2. The van der Waals surface area contributed by atoms with E-state index in [1.54, 1.807) is 17.0 Å². The Labute approximate surface area is 105 Å². The molecular formula is C12H15N3O3. The van der Waals surface area contributed by atoms with Crippen LogP contribution < -0.4 is 10.1 Å². The molecular weight excluding hydrogens is 234 g/mol. The number of likely N-dealkylation sites (tertiary alicyclic amines) is 1. The van der Waals surface area contributed by atoms with Crippen molar-refractivity contribution in [2.75, 3.05) is 25.5 Å². The molecule has 18 heavy (non-hydrogen) atoms. The largest absolute Gasteiger partial charge is 0.481 e. The summed E-state index contributed by atoms with van der Waals surface area (Å²) in [7, 11) is 1.53. The molecule has 1 aliphatic rings. The Hall–Kier alpha value is -2.11. The van der Waals surface area contributed by atoms with Gasteiger partial charge in [-0.2, -0.15) is 0 Å². The lowest BCUT2D eigenvalue weighted by atomic mass is 10.4. The first kappa shape index (κ1) is 12.3. The van der Waals surface area contributed by atoms with E-state index in [-0.39, 0.29) is 18.4 Å². The summed E-state index contributed by atoms with van der Waals surface area (Å²) in [6, 6.07) is 3.37. The summed E-state index contributed by atoms with van der Waals surface area (Å²) in [5.74, 6) is 0.318. The van der Waals surface area contributed by atoms with Gasteiger partial charge < -0.3 is 15.0 Å². The van der Waals surface area contributed by atoms with Crippen LogP contribution in [0.2, 0.25) is 0 Å². The second-order valence-electron chi connectivity index (χ2n) is 4.06. The summed E-state index contributed by atoms with van der Waals surface area (Å²) in [5.41, 5.74) is 0.590. The van der Waals surface area contributed by atoms with E-state index < -0.39 is 0 Å². The van der Waals surface area contributed by atoms with Gasteiger partial charge in [0.25, 0.3) is 0 Å². The summed E-state index contributed by atoms with van der Waals surface area (Å²) in [4.78, 5) is 28.6. The molecule has 1 N–H and O–H groups in total. The van der Waals surface area contributed by atoms with Crippen molar-refractivity contribution < 1.29 is 14.3 Å². The fourth-order valence-corrected chi connectivity index (χ4v) is 1.82. The number of hydrogen-bond donors (Lipinski definition) is 1. The minimum atomic E-state index is -0.211. The van der Waals surface area contributed by atoms with Crippen LogP contribution in [0, 0.1) is 0 Å². The van der Waals surface area contributed by atoms with Crippen LogP contribution in [-0.2, 0) is 9.59 Å². The average Bonchev–Trinajstić information content (AvgIpc) is 2.76. The number of pyridine rings is 1. The zero-order valence-corrected chi connectivity index (χ0v) is 10.2. The molecule has 1 saturated heterocycles. The van der Waals surface area contributed by atoms with E-state index in [9.17, 15) is 9.59 Å². The normalized spacial score (nSPS) is 14.7. The monoisotopic (exact) mass is 249 g/mol. The van der Waals surface area contributed by atoms with Gasteiger partial charge in [-0.3, -0.25) is 9.59 Å². The Morgan fingerprint density at radius 2 is 2.39 bits per heavy atom. The topological polar surface area (TPSA) is 71.5 Å². The number of carbonyl (C=O) groups excluding carboxylic acids is 2. The van der Waals surface area contributed by atoms with Crippen molar-refractivity contribution in [1.29, 1.82) is 0 Å². The van der Waals surface area contributed by atoms with Gasteiger partial charge in [-0.25, -0.2) is 4.98 Å². The van der Waals surface area contributed by atoms with Crippen LogP contribution in [0.15, 0.2) is 18.3 Å². The lowest BCUT2D eigenvalue weighted by Crippen LogP contribution is -2.33. The summed E-state index contributed by atoms with van der Waals surface area (Å²) in [6.45, 7) is 0.762. The van der Waals surface area contributed by atoms with Gasteiger partial charge in [0.05, 0.1) is 25.5 Å². The highest BCUT2D eigenvalue weighted by Gasteiger charge is 2.22. The number of carbonyl (C=O) groups is 2. The molecule has 0 aliphatic carbocycles. The lowest BCUT2D eigenvalue weighted by Gasteiger charge is -2.14. The first-order valence-corrected chi connectivity index (χ1v) is 5.76. The van der Waals surface area contributed by atoms with Crippen LogP contribution in [0.1, 0.15) is 12.8 Å². The third kappa shape index (κ3) is 2.97. The number of hydrogen-bond acceptors (Lipinski definition) is 4. The second kappa shape index (κ2) is 5.48. The van der Waals surface area contributed by atoms with Gasteiger partial charge in [0.15, 0.2) is 0 Å². The van der Waals surface area contributed by atoms with E-state index in [1.165, 1.54) is 13.3 Å². The van der Waals surface area contributed by atoms with Crippen molar-refractivity contribution in [3.8, 4) is 5.88 Å². The molecule has 6 heteroatoms. The molecule has 0 radical (unpaired) electrons. The molecule has 0 bridgehead atoms. The Kier molecular flexibility index (Phi) is 3.76. The van der Waals surface area contributed by atoms with Crippen molar-refractivity contribution in [1.82, 2.24) is 9.88 Å². The van der Waals surface area contributed by atoms with Gasteiger partial charge in [0, 0.05) is 19.0 Å². The molecule has 0 atom stereocenters. The average molecular weight is 249 g/mol. The SMILES string of the molecule is COc1ccc(NC(=O)CN2CCCC2=O)cn1. The molecule has 1 aromatic heterocycles. The molecule has 1 aromatic rings. The highest BCUT2D eigenvalue weighted by molar-refractivity contribution is 5.94. The molecule has 2 amide bonds. The number of nitrogens with zero attached hydrogens (tertiary/aromatic N) is 2. The molecule has 1 fully saturated rings. The predicted molar refractivity (Wildman–Crippen MR) is 65.2 cm³/mol. The minimum Gasteiger partial charge on any atom is -0.481 e. The number of rotatable bonds is 4. The molecule has 0 spiro atoms. The number of ether oxygens (including phenoxy) is 1. The van der Waals surface area contributed by atoms with Crippen LogP contribution in [-0.4, -0.2) is 41.9 Å². The maximum Gasteiger partial charge on any atom is 0.244 e. The summed E-state index contributed by atoms with van der Waals surface area (Å²) in [5, 5.41) is 2.69. The number of methoxy groups -OCH3 is 1. The van der Waals surface area contributed by atoms with E-state index >= 15 is 0 Å². The van der Waals surface area contributed by atoms with Gasteiger partial charge in [-0.05, 0) is 12.5 Å². The molecule has 96 valence electrons. The Morgan fingerprint density at radius 1 is 1.56 bits per heavy atom. The zero-order chi connectivity index (χ0) is 13.0. The third-order valence-electron chi connectivity index (χ3n) is 2.74. The molecule has 2 heterocycles. The highest BCUT2D eigenvalue weighted by Crippen LogP contribution is 2.12. The fourth-order valence-electron chi connectivity index (χ4n) is 1.82. The minimum absolute atomic E-state index is 0.0398. The van der Waals surface area contributed by atoms with Crippen molar-refractivity contribution in [2.45, 2.75) is 12.8 Å². The van der Waals surface area contributed by atoms with Gasteiger partial charge in [-0.15, -0.1) is 0 Å². The summed E-state index contributed by atoms with van der Waals surface area (Å²) < 4.78 is 4.92. The first-order valence-electron chi connectivity index (χ1n) is 5.76. The van der Waals surface area contributed by atoms with Gasteiger partial charge in [-0.1, -0.05) is 0 Å². The number of nitrogens with one attached hydrogen (secondary N) is 1. The van der Waals surface area contributed by atoms with E-state index in [0.29, 0.717) is 24.5 Å². The smallest absolute Gasteiger partial charge is 0.244 e. The van der Waals surface area contributed by atoms with E-state index in [4.69, 9.17) is 4.74 Å². The van der Waals surface area contributed by atoms with Crippen molar-refractivity contribution in [3.63, 3.8) is 0 Å². The van der Waals surface area contributed by atoms with Gasteiger partial charge >= 0.3 is 0 Å². The van der Waals surface area contributed by atoms with Crippen LogP contribution in [0.25, 0.3) is 0 Å². The molecule has 1 aliphatic heterocycles. The summed E-state index contributed by atoms with van der Waals surface area (Å²) in [6.07, 6.45) is 2.89. The fraction of sp³-hybridized carbons (Fsp3) is 0.417. The van der Waals surface area contributed by atoms with Gasteiger partial charge in [0.2, 0.25) is 17.7 Å². The lowest BCUT2D eigenvalue weighted by molar-refractivity contribution is -0.131. The van der Waals surface area contributed by atoms with Crippen LogP contribution in [0.4, 0.5) is 5.69 Å². The highest BCUT2D eigenvalue weighted by atomic mass is 16.5. The first-order chi connectivity index (χ1) is 8.69. The van der Waals surface area contributed by atoms with Crippen molar-refractivity contribution in [2.24, 2.45) is 0 Å². The Morgan fingerprint density at radius 3 is 2.94 bits per heavy atom. The predicted octanol–water partition coefficient (Wildman–Crippen LogP) is 0.651. The van der Waals surface area contributed by atoms with Crippen molar-refractivity contribution in [3.05, 3.63) is 18.3 Å².